The molecule has 0 N–H and O–H groups in total. The molecule has 1 heterocycles. The lowest BCUT2D eigenvalue weighted by atomic mass is 9.85. The number of alkyl halides is 3. The third-order valence-corrected chi connectivity index (χ3v) is 4.94. The maximum Gasteiger partial charge on any atom is 0.523 e. The minimum absolute atomic E-state index is 0.288. The molecule has 5 nitrogen and oxygen atoms in total. The highest BCUT2D eigenvalue weighted by Crippen LogP contribution is 2.38. The van der Waals surface area contributed by atoms with Crippen LogP contribution in [0.3, 0.4) is 0 Å². The van der Waals surface area contributed by atoms with Gasteiger partial charge in [-0.3, -0.25) is 0 Å². The van der Waals surface area contributed by atoms with Crippen LogP contribution in [0.15, 0.2) is 0 Å². The first kappa shape index (κ1) is 18.0. The fourth-order valence-corrected chi connectivity index (χ4v) is 3.50. The normalized spacial score (nSPS) is 30.6. The molecule has 9 heteroatoms. The van der Waals surface area contributed by atoms with Gasteiger partial charge in [0.2, 0.25) is 6.29 Å². The summed E-state index contributed by atoms with van der Waals surface area (Å²) in [5.74, 6) is -0.888. The SMILES string of the molecule is CC1(C)O[C@@H](OS(=O)(=O)C(F)(F)F)[C@@H](CC2CCCCC2)O1. The highest BCUT2D eigenvalue weighted by atomic mass is 32.2. The average molecular weight is 346 g/mol. The second-order valence-electron chi connectivity index (χ2n) is 6.28. The van der Waals surface area contributed by atoms with Gasteiger partial charge in [0.1, 0.15) is 6.10 Å². The minimum atomic E-state index is -5.71. The molecule has 2 fully saturated rings. The van der Waals surface area contributed by atoms with Crippen LogP contribution >= 0.6 is 0 Å². The van der Waals surface area contributed by atoms with Crippen molar-refractivity contribution >= 4 is 10.1 Å². The Hall–Kier alpha value is -0.380. The molecule has 0 unspecified atom stereocenters. The van der Waals surface area contributed by atoms with Crippen molar-refractivity contribution in [1.29, 1.82) is 0 Å². The zero-order chi connectivity index (χ0) is 16.6. The van der Waals surface area contributed by atoms with E-state index in [-0.39, 0.29) is 5.92 Å². The first-order chi connectivity index (χ1) is 10.0. The Labute approximate surface area is 128 Å². The predicted molar refractivity (Wildman–Crippen MR) is 71.1 cm³/mol. The summed E-state index contributed by atoms with van der Waals surface area (Å²) < 4.78 is 74.7. The highest BCUT2D eigenvalue weighted by Gasteiger charge is 2.53. The second-order valence-corrected chi connectivity index (χ2v) is 7.84. The van der Waals surface area contributed by atoms with Crippen LogP contribution in [0.5, 0.6) is 0 Å². The zero-order valence-electron chi connectivity index (χ0n) is 12.6. The number of hydrogen-bond donors (Lipinski definition) is 0. The molecule has 2 rings (SSSR count). The molecule has 0 spiro atoms. The van der Waals surface area contributed by atoms with E-state index in [9.17, 15) is 21.6 Å². The molecule has 1 saturated heterocycles. The lowest BCUT2D eigenvalue weighted by Crippen LogP contribution is -2.36. The molecule has 0 amide bonds. The van der Waals surface area contributed by atoms with E-state index in [2.05, 4.69) is 4.18 Å². The Kier molecular flexibility index (Phi) is 5.11. The third kappa shape index (κ3) is 4.33. The molecule has 0 aromatic carbocycles. The van der Waals surface area contributed by atoms with Crippen molar-refractivity contribution < 1.29 is 35.2 Å². The molecule has 22 heavy (non-hydrogen) atoms. The lowest BCUT2D eigenvalue weighted by molar-refractivity contribution is -0.171. The van der Waals surface area contributed by atoms with Gasteiger partial charge in [0, 0.05) is 0 Å². The molecule has 1 aliphatic heterocycles. The second kappa shape index (κ2) is 6.26. The van der Waals surface area contributed by atoms with Crippen LogP contribution in [0.25, 0.3) is 0 Å². The van der Waals surface area contributed by atoms with Gasteiger partial charge in [-0.15, -0.1) is 0 Å². The summed E-state index contributed by atoms with van der Waals surface area (Å²) in [7, 11) is -5.71. The van der Waals surface area contributed by atoms with Crippen molar-refractivity contribution in [2.24, 2.45) is 5.92 Å². The van der Waals surface area contributed by atoms with Gasteiger partial charge >= 0.3 is 15.6 Å². The zero-order valence-corrected chi connectivity index (χ0v) is 13.4. The smallest absolute Gasteiger partial charge is 0.342 e. The molecule has 130 valence electrons. The van der Waals surface area contributed by atoms with Crippen molar-refractivity contribution in [2.75, 3.05) is 0 Å². The van der Waals surface area contributed by atoms with Crippen molar-refractivity contribution in [2.45, 2.75) is 76.1 Å². The molecule has 0 aromatic heterocycles. The number of ether oxygens (including phenoxy) is 2. The summed E-state index contributed by atoms with van der Waals surface area (Å²) in [6, 6.07) is 0. The first-order valence-corrected chi connectivity index (χ1v) is 8.76. The van der Waals surface area contributed by atoms with Crippen LogP contribution in [-0.4, -0.2) is 32.1 Å². The number of hydrogen-bond acceptors (Lipinski definition) is 5. The highest BCUT2D eigenvalue weighted by molar-refractivity contribution is 7.87. The molecule has 0 radical (unpaired) electrons. The summed E-state index contributed by atoms with van der Waals surface area (Å²) in [5, 5.41) is 0. The number of rotatable bonds is 4. The van der Waals surface area contributed by atoms with E-state index in [0.717, 1.165) is 32.1 Å². The quantitative estimate of drug-likeness (QED) is 0.577. The van der Waals surface area contributed by atoms with Gasteiger partial charge in [0.05, 0.1) is 0 Å². The van der Waals surface area contributed by atoms with Crippen LogP contribution < -0.4 is 0 Å². The van der Waals surface area contributed by atoms with Crippen molar-refractivity contribution in [3.63, 3.8) is 0 Å². The van der Waals surface area contributed by atoms with Crippen LogP contribution in [0.4, 0.5) is 13.2 Å². The summed E-state index contributed by atoms with van der Waals surface area (Å²) >= 11 is 0. The fourth-order valence-electron chi connectivity index (χ4n) is 2.98. The minimum Gasteiger partial charge on any atom is -0.342 e. The van der Waals surface area contributed by atoms with E-state index in [1.807, 2.05) is 0 Å². The van der Waals surface area contributed by atoms with E-state index >= 15 is 0 Å². The molecule has 1 saturated carbocycles. The molecule has 2 aliphatic rings. The Morgan fingerprint density at radius 2 is 1.73 bits per heavy atom. The lowest BCUT2D eigenvalue weighted by Gasteiger charge is -2.26. The van der Waals surface area contributed by atoms with Crippen LogP contribution in [0.2, 0.25) is 0 Å². The fraction of sp³-hybridized carbons (Fsp3) is 1.00. The summed E-state index contributed by atoms with van der Waals surface area (Å²) in [4.78, 5) is 0. The van der Waals surface area contributed by atoms with Gasteiger partial charge < -0.3 is 9.47 Å². The van der Waals surface area contributed by atoms with Gasteiger partial charge in [-0.1, -0.05) is 32.1 Å². The van der Waals surface area contributed by atoms with Gasteiger partial charge in [-0.25, -0.2) is 4.18 Å². The molecule has 1 aliphatic carbocycles. The van der Waals surface area contributed by atoms with Gasteiger partial charge in [0.15, 0.2) is 5.79 Å². The summed E-state index contributed by atoms with van der Waals surface area (Å²) in [6.45, 7) is 3.04. The molecular formula is C13H21F3O5S. The predicted octanol–water partition coefficient (Wildman–Crippen LogP) is 3.30. The van der Waals surface area contributed by atoms with Crippen LogP contribution in [-0.2, 0) is 23.8 Å². The van der Waals surface area contributed by atoms with Crippen LogP contribution in [0.1, 0.15) is 52.4 Å². The molecule has 0 bridgehead atoms. The van der Waals surface area contributed by atoms with E-state index in [1.54, 1.807) is 0 Å². The first-order valence-electron chi connectivity index (χ1n) is 7.35. The Balaban J connectivity index is 2.06. The summed E-state index contributed by atoms with van der Waals surface area (Å²) in [5.41, 5.74) is -5.47. The van der Waals surface area contributed by atoms with Gasteiger partial charge in [-0.05, 0) is 26.2 Å². The van der Waals surface area contributed by atoms with E-state index in [1.165, 1.54) is 13.8 Å². The Morgan fingerprint density at radius 1 is 1.14 bits per heavy atom. The van der Waals surface area contributed by atoms with Gasteiger partial charge in [0.25, 0.3) is 0 Å². The monoisotopic (exact) mass is 346 g/mol. The maximum atomic E-state index is 12.5. The largest absolute Gasteiger partial charge is 0.523 e. The standard InChI is InChI=1S/C13H21F3O5S/c1-12(2)19-10(8-9-6-4-3-5-7-9)11(20-12)21-22(17,18)13(14,15)16/h9-11H,3-8H2,1-2H3/t10-,11+/m1/s1. The maximum absolute atomic E-state index is 12.5. The van der Waals surface area contributed by atoms with E-state index in [4.69, 9.17) is 9.47 Å². The van der Waals surface area contributed by atoms with E-state index < -0.39 is 33.8 Å². The van der Waals surface area contributed by atoms with Crippen molar-refractivity contribution in [3.8, 4) is 0 Å². The molecular weight excluding hydrogens is 325 g/mol. The Bertz CT molecular complexity index is 482. The van der Waals surface area contributed by atoms with Crippen molar-refractivity contribution in [1.82, 2.24) is 0 Å². The Morgan fingerprint density at radius 3 is 2.27 bits per heavy atom. The topological polar surface area (TPSA) is 61.8 Å². The van der Waals surface area contributed by atoms with Crippen LogP contribution in [0, 0.1) is 5.92 Å². The number of halogens is 3. The van der Waals surface area contributed by atoms with Gasteiger partial charge in [-0.2, -0.15) is 21.6 Å². The molecule has 2 atom stereocenters. The van der Waals surface area contributed by atoms with Crippen molar-refractivity contribution in [3.05, 3.63) is 0 Å². The molecule has 0 aromatic rings. The average Bonchev–Trinajstić information content (AvgIpc) is 2.62. The van der Waals surface area contributed by atoms with E-state index in [0.29, 0.717) is 6.42 Å². The third-order valence-electron chi connectivity index (χ3n) is 3.93. The summed E-state index contributed by atoms with van der Waals surface area (Å²) in [6.07, 6.45) is 3.23.